The lowest BCUT2D eigenvalue weighted by molar-refractivity contribution is -0.141. The van der Waals surface area contributed by atoms with Crippen molar-refractivity contribution in [2.45, 2.75) is 25.2 Å². The van der Waals surface area contributed by atoms with Gasteiger partial charge < -0.3 is 24.2 Å². The molecule has 1 fully saturated rings. The number of nitrogens with zero attached hydrogens (tertiary/aromatic N) is 1. The molecule has 1 N–H and O–H groups in total. The number of alkyl halides is 2. The Morgan fingerprint density at radius 2 is 2.00 bits per heavy atom. The summed E-state index contributed by atoms with van der Waals surface area (Å²) in [5, 5.41) is 9.26. The van der Waals surface area contributed by atoms with E-state index in [9.17, 15) is 23.5 Å². The van der Waals surface area contributed by atoms with E-state index in [1.807, 2.05) is 0 Å². The SMILES string of the molecule is COc1cc(C(=O)N2CC(OC)CC2C(=O)O)ccc1OC(F)F. The Morgan fingerprint density at radius 3 is 2.54 bits per heavy atom. The molecule has 1 aromatic carbocycles. The molecular formula is C15H17F2NO6. The Hall–Kier alpha value is -2.42. The van der Waals surface area contributed by atoms with Gasteiger partial charge in [-0.25, -0.2) is 4.79 Å². The van der Waals surface area contributed by atoms with Gasteiger partial charge >= 0.3 is 12.6 Å². The Balaban J connectivity index is 2.27. The summed E-state index contributed by atoms with van der Waals surface area (Å²) in [6.07, 6.45) is -0.195. The van der Waals surface area contributed by atoms with Crippen molar-refractivity contribution >= 4 is 11.9 Å². The number of carboxylic acid groups (broad SMARTS) is 1. The summed E-state index contributed by atoms with van der Waals surface area (Å²) in [4.78, 5) is 25.1. The van der Waals surface area contributed by atoms with Gasteiger partial charge in [-0.2, -0.15) is 8.78 Å². The average Bonchev–Trinajstić information content (AvgIpc) is 2.98. The third kappa shape index (κ3) is 3.73. The summed E-state index contributed by atoms with van der Waals surface area (Å²) in [6, 6.07) is 2.68. The summed E-state index contributed by atoms with van der Waals surface area (Å²) in [6.45, 7) is -2.90. The number of benzene rings is 1. The summed E-state index contributed by atoms with van der Waals surface area (Å²) >= 11 is 0. The molecule has 0 radical (unpaired) electrons. The Bertz CT molecular complexity index is 624. The van der Waals surface area contributed by atoms with Crippen LogP contribution < -0.4 is 9.47 Å². The first kappa shape index (κ1) is 17.9. The summed E-state index contributed by atoms with van der Waals surface area (Å²) in [7, 11) is 2.69. The van der Waals surface area contributed by atoms with Crippen LogP contribution in [-0.4, -0.2) is 61.4 Å². The average molecular weight is 345 g/mol. The van der Waals surface area contributed by atoms with Crippen molar-refractivity contribution in [1.82, 2.24) is 4.90 Å². The highest BCUT2D eigenvalue weighted by molar-refractivity contribution is 5.97. The molecule has 1 aromatic rings. The van der Waals surface area contributed by atoms with E-state index in [-0.39, 0.29) is 36.1 Å². The van der Waals surface area contributed by atoms with Gasteiger partial charge in [-0.1, -0.05) is 0 Å². The molecule has 0 aliphatic carbocycles. The van der Waals surface area contributed by atoms with Crippen LogP contribution in [0, 0.1) is 0 Å². The van der Waals surface area contributed by atoms with Crippen molar-refractivity contribution in [3.8, 4) is 11.5 Å². The Morgan fingerprint density at radius 1 is 1.29 bits per heavy atom. The number of likely N-dealkylation sites (tertiary alicyclic amines) is 1. The van der Waals surface area contributed by atoms with Crippen molar-refractivity contribution in [3.63, 3.8) is 0 Å². The standard InChI is InChI=1S/C15H17F2NO6/c1-22-9-6-10(14(20)21)18(7-9)13(19)8-3-4-11(24-15(16)17)12(5-8)23-2/h3-5,9-10,15H,6-7H2,1-2H3,(H,20,21). The molecule has 2 rings (SSSR count). The second kappa shape index (κ2) is 7.43. The van der Waals surface area contributed by atoms with Crippen LogP contribution in [0.1, 0.15) is 16.8 Å². The molecule has 0 aromatic heterocycles. The van der Waals surface area contributed by atoms with Gasteiger partial charge in [-0.05, 0) is 18.2 Å². The van der Waals surface area contributed by atoms with Crippen LogP contribution in [-0.2, 0) is 9.53 Å². The molecule has 0 saturated carbocycles. The minimum Gasteiger partial charge on any atom is -0.493 e. The number of amides is 1. The van der Waals surface area contributed by atoms with Gasteiger partial charge in [0.2, 0.25) is 0 Å². The lowest BCUT2D eigenvalue weighted by Crippen LogP contribution is -2.40. The van der Waals surface area contributed by atoms with Gasteiger partial charge in [-0.3, -0.25) is 4.79 Å². The summed E-state index contributed by atoms with van der Waals surface area (Å²) < 4.78 is 39.0. The number of carbonyl (C=O) groups is 2. The highest BCUT2D eigenvalue weighted by Gasteiger charge is 2.40. The van der Waals surface area contributed by atoms with E-state index >= 15 is 0 Å². The molecule has 1 aliphatic rings. The van der Waals surface area contributed by atoms with Crippen molar-refractivity contribution in [2.75, 3.05) is 20.8 Å². The second-order valence-electron chi connectivity index (χ2n) is 5.15. The smallest absolute Gasteiger partial charge is 0.387 e. The van der Waals surface area contributed by atoms with E-state index in [1.54, 1.807) is 0 Å². The van der Waals surface area contributed by atoms with Gasteiger partial charge in [0.25, 0.3) is 5.91 Å². The zero-order valence-electron chi connectivity index (χ0n) is 13.1. The fraction of sp³-hybridized carbons (Fsp3) is 0.467. The highest BCUT2D eigenvalue weighted by Crippen LogP contribution is 2.31. The van der Waals surface area contributed by atoms with E-state index < -0.39 is 24.5 Å². The molecule has 1 amide bonds. The number of aliphatic carboxylic acids is 1. The maximum absolute atomic E-state index is 12.6. The van der Waals surface area contributed by atoms with Crippen molar-refractivity contribution < 1.29 is 37.7 Å². The highest BCUT2D eigenvalue weighted by atomic mass is 19.3. The first-order valence-electron chi connectivity index (χ1n) is 7.06. The molecule has 0 spiro atoms. The van der Waals surface area contributed by atoms with Crippen LogP contribution in [0.25, 0.3) is 0 Å². The lowest BCUT2D eigenvalue weighted by Gasteiger charge is -2.21. The first-order chi connectivity index (χ1) is 11.4. The second-order valence-corrected chi connectivity index (χ2v) is 5.15. The molecule has 1 saturated heterocycles. The van der Waals surface area contributed by atoms with E-state index in [0.29, 0.717) is 0 Å². The molecule has 1 heterocycles. The largest absolute Gasteiger partial charge is 0.493 e. The van der Waals surface area contributed by atoms with Crippen molar-refractivity contribution in [2.24, 2.45) is 0 Å². The van der Waals surface area contributed by atoms with E-state index in [2.05, 4.69) is 4.74 Å². The number of carboxylic acids is 1. The predicted octanol–water partition coefficient (Wildman–Crippen LogP) is 1.61. The quantitative estimate of drug-likeness (QED) is 0.843. The molecule has 24 heavy (non-hydrogen) atoms. The van der Waals surface area contributed by atoms with Crippen molar-refractivity contribution in [1.29, 1.82) is 0 Å². The van der Waals surface area contributed by atoms with Crippen LogP contribution in [0.4, 0.5) is 8.78 Å². The molecular weight excluding hydrogens is 328 g/mol. The third-order valence-corrected chi connectivity index (χ3v) is 3.77. The van der Waals surface area contributed by atoms with Gasteiger partial charge in [0, 0.05) is 25.6 Å². The van der Waals surface area contributed by atoms with Crippen molar-refractivity contribution in [3.05, 3.63) is 23.8 Å². The normalized spacial score (nSPS) is 20.3. The molecule has 2 unspecified atom stereocenters. The number of rotatable bonds is 6. The van der Waals surface area contributed by atoms with Crippen LogP contribution >= 0.6 is 0 Å². The fourth-order valence-corrected chi connectivity index (χ4v) is 2.59. The van der Waals surface area contributed by atoms with Gasteiger partial charge in [0.05, 0.1) is 13.2 Å². The molecule has 9 heteroatoms. The molecule has 132 valence electrons. The zero-order valence-corrected chi connectivity index (χ0v) is 13.1. The monoisotopic (exact) mass is 345 g/mol. The van der Waals surface area contributed by atoms with Crippen LogP contribution in [0.15, 0.2) is 18.2 Å². The Labute approximate surface area is 136 Å². The van der Waals surface area contributed by atoms with E-state index in [1.165, 1.54) is 37.3 Å². The molecule has 0 bridgehead atoms. The molecule has 7 nitrogen and oxygen atoms in total. The first-order valence-corrected chi connectivity index (χ1v) is 7.06. The van der Waals surface area contributed by atoms with Gasteiger partial charge in [0.15, 0.2) is 11.5 Å². The maximum Gasteiger partial charge on any atom is 0.387 e. The lowest BCUT2D eigenvalue weighted by atomic mass is 10.1. The zero-order chi connectivity index (χ0) is 17.9. The number of hydrogen-bond donors (Lipinski definition) is 1. The number of ether oxygens (including phenoxy) is 3. The van der Waals surface area contributed by atoms with Crippen LogP contribution in [0.3, 0.4) is 0 Å². The minimum absolute atomic E-state index is 0.0458. The van der Waals surface area contributed by atoms with Gasteiger partial charge in [0.1, 0.15) is 6.04 Å². The fourth-order valence-electron chi connectivity index (χ4n) is 2.59. The molecule has 1 aliphatic heterocycles. The summed E-state index contributed by atoms with van der Waals surface area (Å²) in [5.41, 5.74) is 0.108. The third-order valence-electron chi connectivity index (χ3n) is 3.77. The van der Waals surface area contributed by atoms with Gasteiger partial charge in [-0.15, -0.1) is 0 Å². The maximum atomic E-state index is 12.6. The summed E-state index contributed by atoms with van der Waals surface area (Å²) in [5.74, 6) is -1.94. The number of methoxy groups -OCH3 is 2. The molecule has 2 atom stereocenters. The number of hydrogen-bond acceptors (Lipinski definition) is 5. The van der Waals surface area contributed by atoms with Crippen LogP contribution in [0.2, 0.25) is 0 Å². The topological polar surface area (TPSA) is 85.3 Å². The van der Waals surface area contributed by atoms with E-state index in [0.717, 1.165) is 0 Å². The number of halogens is 2. The van der Waals surface area contributed by atoms with E-state index in [4.69, 9.17) is 9.47 Å². The minimum atomic E-state index is -3.03. The van der Waals surface area contributed by atoms with Crippen LogP contribution in [0.5, 0.6) is 11.5 Å². The number of carbonyl (C=O) groups excluding carboxylic acids is 1. The predicted molar refractivity (Wildman–Crippen MR) is 77.5 cm³/mol. The Kier molecular flexibility index (Phi) is 5.55.